The minimum atomic E-state index is -0.709. The van der Waals surface area contributed by atoms with E-state index in [1.807, 2.05) is 39.0 Å². The van der Waals surface area contributed by atoms with E-state index in [0.29, 0.717) is 6.42 Å². The molecule has 3 N–H and O–H groups in total. The van der Waals surface area contributed by atoms with E-state index in [-0.39, 0.29) is 0 Å². The molecule has 1 aliphatic rings. The van der Waals surface area contributed by atoms with Crippen molar-refractivity contribution in [3.05, 3.63) is 35.4 Å². The first kappa shape index (κ1) is 14.1. The van der Waals surface area contributed by atoms with Crippen LogP contribution < -0.4 is 11.1 Å². The molecule has 0 radical (unpaired) electrons. The van der Waals surface area contributed by atoms with Crippen molar-refractivity contribution in [3.8, 4) is 0 Å². The van der Waals surface area contributed by atoms with E-state index in [4.69, 9.17) is 10.5 Å². The number of cyclic esters (lactones) is 1. The molecule has 0 atom stereocenters. The van der Waals surface area contributed by atoms with Gasteiger partial charge in [-0.2, -0.15) is 0 Å². The fourth-order valence-corrected chi connectivity index (χ4v) is 2.33. The number of anilines is 1. The molecule has 0 saturated heterocycles. The number of primary amides is 1. The normalized spacial score (nSPS) is 16.9. The summed E-state index contributed by atoms with van der Waals surface area (Å²) in [5.41, 5.74) is 7.86. The van der Waals surface area contributed by atoms with E-state index in [1.54, 1.807) is 0 Å². The van der Waals surface area contributed by atoms with Gasteiger partial charge in [-0.15, -0.1) is 0 Å². The van der Waals surface area contributed by atoms with Crippen molar-refractivity contribution in [1.82, 2.24) is 0 Å². The van der Waals surface area contributed by atoms with Crippen molar-refractivity contribution in [3.63, 3.8) is 0 Å². The van der Waals surface area contributed by atoms with Crippen molar-refractivity contribution >= 4 is 23.3 Å². The van der Waals surface area contributed by atoms with Gasteiger partial charge >= 0.3 is 6.09 Å². The number of ether oxygens (including phenoxy) is 1. The topological polar surface area (TPSA) is 81.4 Å². The second kappa shape index (κ2) is 5.00. The molecule has 106 valence electrons. The van der Waals surface area contributed by atoms with E-state index in [2.05, 4.69) is 5.32 Å². The van der Waals surface area contributed by atoms with Crippen molar-refractivity contribution in [2.75, 3.05) is 5.32 Å². The van der Waals surface area contributed by atoms with Crippen LogP contribution in [0.15, 0.2) is 24.3 Å². The Labute approximate surface area is 117 Å². The van der Waals surface area contributed by atoms with Crippen molar-refractivity contribution in [2.24, 2.45) is 5.73 Å². The summed E-state index contributed by atoms with van der Waals surface area (Å²) in [6.45, 7) is 5.62. The first-order valence-electron chi connectivity index (χ1n) is 6.48. The van der Waals surface area contributed by atoms with Crippen LogP contribution in [0.4, 0.5) is 10.5 Å². The second-order valence-corrected chi connectivity index (χ2v) is 5.21. The molecule has 2 amide bonds. The van der Waals surface area contributed by atoms with Crippen molar-refractivity contribution < 1.29 is 14.3 Å². The van der Waals surface area contributed by atoms with E-state index in [0.717, 1.165) is 22.4 Å². The minimum Gasteiger partial charge on any atom is -0.438 e. The monoisotopic (exact) mass is 274 g/mol. The zero-order valence-electron chi connectivity index (χ0n) is 11.8. The van der Waals surface area contributed by atoms with Gasteiger partial charge in [0.1, 0.15) is 5.60 Å². The lowest BCUT2D eigenvalue weighted by Gasteiger charge is -2.33. The summed E-state index contributed by atoms with van der Waals surface area (Å²) < 4.78 is 5.29. The summed E-state index contributed by atoms with van der Waals surface area (Å²) in [6.07, 6.45) is 1.66. The number of carbonyl (C=O) groups is 2. The van der Waals surface area contributed by atoms with E-state index in [1.165, 1.54) is 6.08 Å². The van der Waals surface area contributed by atoms with Crippen LogP contribution in [-0.4, -0.2) is 12.0 Å². The molecule has 5 nitrogen and oxygen atoms in total. The Morgan fingerprint density at radius 2 is 2.15 bits per heavy atom. The molecule has 0 aromatic heterocycles. The largest absolute Gasteiger partial charge is 0.438 e. The molecule has 0 unspecified atom stereocenters. The number of carbonyl (C=O) groups excluding carboxylic acids is 2. The number of nitrogens with two attached hydrogens (primary N) is 1. The third kappa shape index (κ3) is 2.66. The van der Waals surface area contributed by atoms with Crippen LogP contribution in [-0.2, 0) is 15.1 Å². The van der Waals surface area contributed by atoms with Crippen molar-refractivity contribution in [1.29, 1.82) is 0 Å². The van der Waals surface area contributed by atoms with Crippen LogP contribution in [0.5, 0.6) is 0 Å². The standard InChI is InChI=1S/C15H18N2O3/c1-4-9(8-13(16)18)10-5-6-12-11(7-10)15(2,3)20-14(19)17-12/h5-8H,4H2,1-3H3,(H2,16,18)(H,17,19). The Hall–Kier alpha value is -2.30. The fraction of sp³-hybridized carbons (Fsp3) is 0.333. The molecular weight excluding hydrogens is 256 g/mol. The zero-order valence-corrected chi connectivity index (χ0v) is 11.8. The van der Waals surface area contributed by atoms with Crippen LogP contribution in [0.25, 0.3) is 5.57 Å². The van der Waals surface area contributed by atoms with Gasteiger partial charge in [-0.05, 0) is 43.5 Å². The average Bonchev–Trinajstić information content (AvgIpc) is 2.34. The molecular formula is C15H18N2O3. The van der Waals surface area contributed by atoms with Gasteiger partial charge in [0, 0.05) is 11.6 Å². The molecule has 1 aromatic rings. The highest BCUT2D eigenvalue weighted by atomic mass is 16.6. The number of rotatable bonds is 3. The lowest BCUT2D eigenvalue weighted by atomic mass is 9.90. The summed E-state index contributed by atoms with van der Waals surface area (Å²) >= 11 is 0. The number of amides is 2. The van der Waals surface area contributed by atoms with Gasteiger partial charge in [-0.1, -0.05) is 13.0 Å². The molecule has 0 fully saturated rings. The van der Waals surface area contributed by atoms with Crippen LogP contribution >= 0.6 is 0 Å². The van der Waals surface area contributed by atoms with Crippen LogP contribution in [0.1, 0.15) is 38.3 Å². The molecule has 2 rings (SSSR count). The van der Waals surface area contributed by atoms with Gasteiger partial charge < -0.3 is 10.5 Å². The predicted molar refractivity (Wildman–Crippen MR) is 77.0 cm³/mol. The highest BCUT2D eigenvalue weighted by Crippen LogP contribution is 2.37. The van der Waals surface area contributed by atoms with Gasteiger partial charge in [0.25, 0.3) is 0 Å². The number of allylic oxidation sites excluding steroid dienone is 1. The molecule has 0 spiro atoms. The lowest BCUT2D eigenvalue weighted by Crippen LogP contribution is -2.34. The van der Waals surface area contributed by atoms with Gasteiger partial charge in [-0.25, -0.2) is 4.79 Å². The highest BCUT2D eigenvalue weighted by molar-refractivity contribution is 5.95. The minimum absolute atomic E-state index is 0.460. The van der Waals surface area contributed by atoms with Gasteiger partial charge in [0.05, 0.1) is 5.69 Å². The highest BCUT2D eigenvalue weighted by Gasteiger charge is 2.33. The van der Waals surface area contributed by atoms with Gasteiger partial charge in [0.15, 0.2) is 0 Å². The molecule has 0 bridgehead atoms. The number of nitrogens with one attached hydrogen (secondary N) is 1. The lowest BCUT2D eigenvalue weighted by molar-refractivity contribution is -0.113. The smallest absolute Gasteiger partial charge is 0.412 e. The number of benzene rings is 1. The maximum absolute atomic E-state index is 11.5. The molecule has 5 heteroatoms. The Bertz CT molecular complexity index is 603. The Morgan fingerprint density at radius 3 is 2.75 bits per heavy atom. The number of hydrogen-bond donors (Lipinski definition) is 2. The number of hydrogen-bond acceptors (Lipinski definition) is 3. The maximum atomic E-state index is 11.5. The van der Waals surface area contributed by atoms with E-state index in [9.17, 15) is 9.59 Å². The third-order valence-corrected chi connectivity index (χ3v) is 3.32. The van der Waals surface area contributed by atoms with Crippen molar-refractivity contribution in [2.45, 2.75) is 32.8 Å². The molecule has 20 heavy (non-hydrogen) atoms. The summed E-state index contributed by atoms with van der Waals surface area (Å²) in [6, 6.07) is 5.60. The first-order valence-corrected chi connectivity index (χ1v) is 6.48. The van der Waals surface area contributed by atoms with Gasteiger partial charge in [0.2, 0.25) is 5.91 Å². The maximum Gasteiger partial charge on any atom is 0.412 e. The summed E-state index contributed by atoms with van der Waals surface area (Å²) in [4.78, 5) is 22.5. The van der Waals surface area contributed by atoms with Gasteiger partial charge in [-0.3, -0.25) is 10.1 Å². The number of fused-ring (bicyclic) bond motifs is 1. The summed E-state index contributed by atoms with van der Waals surface area (Å²) in [7, 11) is 0. The molecule has 1 aliphatic heterocycles. The quantitative estimate of drug-likeness (QED) is 0.831. The van der Waals surface area contributed by atoms with Crippen LogP contribution in [0.3, 0.4) is 0 Å². The van der Waals surface area contributed by atoms with E-state index >= 15 is 0 Å². The molecule has 1 aromatic carbocycles. The molecule has 0 saturated carbocycles. The summed E-state index contributed by atoms with van der Waals surface area (Å²) in [5.74, 6) is -0.469. The molecule has 1 heterocycles. The molecule has 0 aliphatic carbocycles. The van der Waals surface area contributed by atoms with Crippen LogP contribution in [0.2, 0.25) is 0 Å². The van der Waals surface area contributed by atoms with E-state index < -0.39 is 17.6 Å². The SMILES string of the molecule is CCC(=CC(N)=O)c1ccc2c(c1)C(C)(C)OC(=O)N2. The third-order valence-electron chi connectivity index (χ3n) is 3.32. The fourth-order valence-electron chi connectivity index (χ4n) is 2.33. The zero-order chi connectivity index (χ0) is 14.9. The first-order chi connectivity index (χ1) is 9.33. The Morgan fingerprint density at radius 1 is 1.45 bits per heavy atom. The second-order valence-electron chi connectivity index (χ2n) is 5.21. The van der Waals surface area contributed by atoms with Crippen LogP contribution in [0, 0.1) is 0 Å². The Kier molecular flexibility index (Phi) is 3.53. The summed E-state index contributed by atoms with van der Waals surface area (Å²) in [5, 5.41) is 2.67. The average molecular weight is 274 g/mol. The predicted octanol–water partition coefficient (Wildman–Crippen LogP) is 2.76. The Balaban J connectivity index is 2.51.